The molecule has 0 spiro atoms. The third kappa shape index (κ3) is 9.38. The van der Waals surface area contributed by atoms with Gasteiger partial charge in [0.2, 0.25) is 17.7 Å². The Hall–Kier alpha value is -3.72. The largest absolute Gasteiger partial charge is 0.497 e. The highest BCUT2D eigenvalue weighted by molar-refractivity contribution is 5.98. The van der Waals surface area contributed by atoms with Crippen LogP contribution in [-0.2, 0) is 35.1 Å². The number of nitrogens with zero attached hydrogens (tertiary/aromatic N) is 1. The van der Waals surface area contributed by atoms with Crippen molar-refractivity contribution in [1.82, 2.24) is 20.9 Å². The Morgan fingerprint density at radius 1 is 1.02 bits per heavy atom. The molecule has 11 heteroatoms. The van der Waals surface area contributed by atoms with Crippen LogP contribution in [0.1, 0.15) is 44.6 Å². The lowest BCUT2D eigenvalue weighted by Gasteiger charge is -2.27. The van der Waals surface area contributed by atoms with Gasteiger partial charge in [0, 0.05) is 25.9 Å². The first-order valence-electron chi connectivity index (χ1n) is 14.8. The van der Waals surface area contributed by atoms with Gasteiger partial charge < -0.3 is 30.2 Å². The lowest BCUT2D eigenvalue weighted by atomic mass is 9.94. The summed E-state index contributed by atoms with van der Waals surface area (Å²) >= 11 is 0. The minimum Gasteiger partial charge on any atom is -0.497 e. The minimum absolute atomic E-state index is 0.0531. The number of methoxy groups -OCH3 is 1. The number of allylic oxidation sites excluding steroid dienone is 1. The summed E-state index contributed by atoms with van der Waals surface area (Å²) in [6.07, 6.45) is 11.0. The van der Waals surface area contributed by atoms with Crippen molar-refractivity contribution in [3.63, 3.8) is 0 Å². The molecule has 4 atom stereocenters. The van der Waals surface area contributed by atoms with E-state index in [1.807, 2.05) is 4.90 Å². The summed E-state index contributed by atoms with van der Waals surface area (Å²) in [4.78, 5) is 55.3. The van der Waals surface area contributed by atoms with E-state index < -0.39 is 35.5 Å². The number of epoxide rings is 1. The molecule has 4 unspecified atom stereocenters. The molecule has 3 aliphatic rings. The van der Waals surface area contributed by atoms with Crippen LogP contribution in [0.3, 0.4) is 0 Å². The standard InChI is InChI=1S/C32H42N4O7/c1-4-7-25(33-28(37)20-36-14-16-42-17-15-36)30(39)35-27(19-23-10-12-24(41-3)13-11-23)31(40)34-26(18-22-8-5-6-9-22)29(38)32(2)21-43-32/h1,8,10-13,25-27H,5-7,9,14-21H2,2-3H3,(H,33,37)(H,34,40)(H,35,39). The number of hydrogen-bond donors (Lipinski definition) is 3. The molecule has 0 bridgehead atoms. The lowest BCUT2D eigenvalue weighted by Crippen LogP contribution is -2.57. The number of carbonyl (C=O) groups is 4. The molecule has 2 heterocycles. The van der Waals surface area contributed by atoms with Crippen LogP contribution in [0.15, 0.2) is 35.9 Å². The van der Waals surface area contributed by atoms with Gasteiger partial charge in [-0.25, -0.2) is 0 Å². The highest BCUT2D eigenvalue weighted by atomic mass is 16.6. The summed E-state index contributed by atoms with van der Waals surface area (Å²) in [5.41, 5.74) is 0.967. The molecule has 4 rings (SSSR count). The van der Waals surface area contributed by atoms with Crippen LogP contribution in [0.5, 0.6) is 5.75 Å². The van der Waals surface area contributed by atoms with Gasteiger partial charge in [-0.05, 0) is 50.3 Å². The Labute approximate surface area is 253 Å². The highest BCUT2D eigenvalue weighted by Crippen LogP contribution is 2.31. The van der Waals surface area contributed by atoms with Crippen LogP contribution in [0, 0.1) is 12.3 Å². The van der Waals surface area contributed by atoms with Gasteiger partial charge in [0.25, 0.3) is 0 Å². The minimum atomic E-state index is -1.04. The van der Waals surface area contributed by atoms with Crippen molar-refractivity contribution in [3.8, 4) is 18.1 Å². The molecule has 2 aliphatic heterocycles. The summed E-state index contributed by atoms with van der Waals surface area (Å²) < 4.78 is 16.0. The van der Waals surface area contributed by atoms with Crippen molar-refractivity contribution in [3.05, 3.63) is 41.5 Å². The molecule has 2 saturated heterocycles. The molecule has 2 fully saturated rings. The topological polar surface area (TPSA) is 139 Å². The van der Waals surface area contributed by atoms with Crippen LogP contribution >= 0.6 is 0 Å². The maximum Gasteiger partial charge on any atom is 0.244 e. The first-order valence-corrected chi connectivity index (χ1v) is 14.8. The Morgan fingerprint density at radius 2 is 1.70 bits per heavy atom. The summed E-state index contributed by atoms with van der Waals surface area (Å²) in [5.74, 6) is 1.47. The molecule has 0 aromatic heterocycles. The fraction of sp³-hybridized carbons (Fsp3) is 0.562. The van der Waals surface area contributed by atoms with Gasteiger partial charge in [-0.15, -0.1) is 12.3 Å². The second-order valence-corrected chi connectivity index (χ2v) is 11.4. The Morgan fingerprint density at radius 3 is 2.30 bits per heavy atom. The summed E-state index contributed by atoms with van der Waals surface area (Å²) in [5, 5.41) is 8.43. The van der Waals surface area contributed by atoms with E-state index in [-0.39, 0.29) is 31.1 Å². The molecule has 232 valence electrons. The molecular weight excluding hydrogens is 552 g/mol. The molecule has 3 N–H and O–H groups in total. The van der Waals surface area contributed by atoms with Gasteiger partial charge in [0.1, 0.15) is 23.4 Å². The summed E-state index contributed by atoms with van der Waals surface area (Å²) in [6, 6.07) is 4.27. The second-order valence-electron chi connectivity index (χ2n) is 11.4. The third-order valence-electron chi connectivity index (χ3n) is 8.01. The van der Waals surface area contributed by atoms with Gasteiger partial charge in [0.05, 0.1) is 39.5 Å². The number of morpholine rings is 1. The normalized spacial score (nSPS) is 21.8. The van der Waals surface area contributed by atoms with E-state index in [0.717, 1.165) is 30.4 Å². The van der Waals surface area contributed by atoms with Crippen molar-refractivity contribution in [2.24, 2.45) is 0 Å². The van der Waals surface area contributed by atoms with E-state index in [1.165, 1.54) is 0 Å². The van der Waals surface area contributed by atoms with E-state index in [0.29, 0.717) is 45.1 Å². The highest BCUT2D eigenvalue weighted by Gasteiger charge is 2.50. The molecule has 1 aliphatic carbocycles. The van der Waals surface area contributed by atoms with Gasteiger partial charge in [-0.2, -0.15) is 0 Å². The fourth-order valence-electron chi connectivity index (χ4n) is 5.29. The Kier molecular flexibility index (Phi) is 11.3. The summed E-state index contributed by atoms with van der Waals surface area (Å²) in [6.45, 7) is 4.44. The van der Waals surface area contributed by atoms with Gasteiger partial charge in [-0.3, -0.25) is 24.1 Å². The van der Waals surface area contributed by atoms with Gasteiger partial charge in [0.15, 0.2) is 5.78 Å². The van der Waals surface area contributed by atoms with Crippen molar-refractivity contribution < 1.29 is 33.4 Å². The first kappa shape index (κ1) is 32.2. The van der Waals surface area contributed by atoms with Crippen molar-refractivity contribution in [2.75, 3.05) is 46.6 Å². The monoisotopic (exact) mass is 594 g/mol. The van der Waals surface area contributed by atoms with E-state index in [2.05, 4.69) is 27.9 Å². The predicted octanol–water partition coefficient (Wildman–Crippen LogP) is 0.906. The van der Waals surface area contributed by atoms with Gasteiger partial charge in [-0.1, -0.05) is 23.8 Å². The maximum absolute atomic E-state index is 13.8. The number of rotatable bonds is 15. The molecule has 43 heavy (non-hydrogen) atoms. The molecular formula is C32H42N4O7. The van der Waals surface area contributed by atoms with Crippen LogP contribution in [-0.4, -0.2) is 98.7 Å². The van der Waals surface area contributed by atoms with Crippen LogP contribution < -0.4 is 20.7 Å². The van der Waals surface area contributed by atoms with Crippen LogP contribution in [0.2, 0.25) is 0 Å². The van der Waals surface area contributed by atoms with E-state index >= 15 is 0 Å². The van der Waals surface area contributed by atoms with E-state index in [4.69, 9.17) is 20.6 Å². The number of Topliss-reactive ketones (excluding diaryl/α,β-unsaturated/α-hetero) is 1. The summed E-state index contributed by atoms with van der Waals surface area (Å²) in [7, 11) is 1.56. The van der Waals surface area contributed by atoms with Crippen LogP contribution in [0.4, 0.5) is 0 Å². The number of ether oxygens (including phenoxy) is 3. The van der Waals surface area contributed by atoms with E-state index in [9.17, 15) is 19.2 Å². The lowest BCUT2D eigenvalue weighted by molar-refractivity contribution is -0.134. The molecule has 1 aromatic carbocycles. The second kappa shape index (κ2) is 15.1. The SMILES string of the molecule is C#CCC(NC(=O)CN1CCOCC1)C(=O)NC(Cc1ccc(OC)cc1)C(=O)NC(CC1=CCCC1)C(=O)C1(C)CO1. The predicted molar refractivity (Wildman–Crippen MR) is 159 cm³/mol. The Balaban J connectivity index is 1.49. The zero-order chi connectivity index (χ0) is 30.8. The Bertz CT molecular complexity index is 1230. The first-order chi connectivity index (χ1) is 20.7. The zero-order valence-electron chi connectivity index (χ0n) is 25.0. The average molecular weight is 595 g/mol. The molecule has 11 nitrogen and oxygen atoms in total. The maximum atomic E-state index is 13.8. The van der Waals surface area contributed by atoms with E-state index in [1.54, 1.807) is 38.3 Å². The number of hydrogen-bond acceptors (Lipinski definition) is 8. The van der Waals surface area contributed by atoms with Crippen molar-refractivity contribution >= 4 is 23.5 Å². The number of carbonyl (C=O) groups excluding carboxylic acids is 4. The number of nitrogens with one attached hydrogen (secondary N) is 3. The number of ketones is 1. The quantitative estimate of drug-likeness (QED) is 0.155. The number of amides is 3. The smallest absolute Gasteiger partial charge is 0.244 e. The number of benzene rings is 1. The number of terminal acetylenes is 1. The van der Waals surface area contributed by atoms with Crippen molar-refractivity contribution in [1.29, 1.82) is 0 Å². The van der Waals surface area contributed by atoms with Crippen molar-refractivity contribution in [2.45, 2.75) is 69.2 Å². The molecule has 3 amide bonds. The zero-order valence-corrected chi connectivity index (χ0v) is 25.0. The van der Waals surface area contributed by atoms with Crippen LogP contribution in [0.25, 0.3) is 0 Å². The van der Waals surface area contributed by atoms with Gasteiger partial charge >= 0.3 is 0 Å². The molecule has 1 aromatic rings. The molecule has 0 radical (unpaired) electrons. The fourth-order valence-corrected chi connectivity index (χ4v) is 5.29. The third-order valence-corrected chi connectivity index (χ3v) is 8.01. The molecule has 0 saturated carbocycles. The average Bonchev–Trinajstić information content (AvgIpc) is 3.54.